The molecule has 0 aliphatic heterocycles. The van der Waals surface area contributed by atoms with Crippen LogP contribution in [0.15, 0.2) is 53.3 Å². The van der Waals surface area contributed by atoms with Gasteiger partial charge in [-0.05, 0) is 25.8 Å². The van der Waals surface area contributed by atoms with Crippen molar-refractivity contribution in [1.29, 1.82) is 0 Å². The van der Waals surface area contributed by atoms with Gasteiger partial charge in [0.05, 0.1) is 0 Å². The molecule has 0 saturated carbocycles. The van der Waals surface area contributed by atoms with Crippen LogP contribution in [0.2, 0.25) is 0 Å². The predicted octanol–water partition coefficient (Wildman–Crippen LogP) is 3.06. The average molecular weight is 324 g/mol. The van der Waals surface area contributed by atoms with Gasteiger partial charge in [0.1, 0.15) is 0 Å². The highest BCUT2D eigenvalue weighted by Crippen LogP contribution is 2.20. The molecule has 2 aromatic heterocycles. The molecule has 124 valence electrons. The Balaban J connectivity index is 1.46. The number of carbonyl (C=O) groups excluding carboxylic acids is 1. The molecule has 0 unspecified atom stereocenters. The molecule has 24 heavy (non-hydrogen) atoms. The van der Waals surface area contributed by atoms with Crippen LogP contribution in [0.3, 0.4) is 0 Å². The number of unbranched alkanes of at least 4 members (excludes halogenated alkanes) is 1. The Hall–Kier alpha value is -2.89. The fourth-order valence-corrected chi connectivity index (χ4v) is 2.36. The molecule has 1 amide bonds. The van der Waals surface area contributed by atoms with Gasteiger partial charge in [-0.3, -0.25) is 9.48 Å². The first-order valence-electron chi connectivity index (χ1n) is 8.02. The SMILES string of the molecule is Cc1ccc(-c2cc(C(=O)NCCCCn3cccn3)no2)cc1. The van der Waals surface area contributed by atoms with E-state index in [9.17, 15) is 4.79 Å². The van der Waals surface area contributed by atoms with E-state index < -0.39 is 0 Å². The maximum Gasteiger partial charge on any atom is 0.273 e. The van der Waals surface area contributed by atoms with Gasteiger partial charge in [-0.25, -0.2) is 0 Å². The number of hydrogen-bond donors (Lipinski definition) is 1. The van der Waals surface area contributed by atoms with Crippen molar-refractivity contribution in [3.8, 4) is 11.3 Å². The summed E-state index contributed by atoms with van der Waals surface area (Å²) in [5.41, 5.74) is 2.38. The first-order valence-corrected chi connectivity index (χ1v) is 8.02. The van der Waals surface area contributed by atoms with E-state index in [1.54, 1.807) is 12.3 Å². The van der Waals surface area contributed by atoms with Crippen molar-refractivity contribution in [1.82, 2.24) is 20.3 Å². The van der Waals surface area contributed by atoms with Crippen LogP contribution in [-0.4, -0.2) is 27.4 Å². The van der Waals surface area contributed by atoms with E-state index in [1.807, 2.05) is 48.1 Å². The number of benzene rings is 1. The van der Waals surface area contributed by atoms with Crippen molar-refractivity contribution in [2.24, 2.45) is 0 Å². The normalized spacial score (nSPS) is 10.7. The molecule has 0 bridgehead atoms. The van der Waals surface area contributed by atoms with E-state index in [4.69, 9.17) is 4.52 Å². The quantitative estimate of drug-likeness (QED) is 0.678. The molecule has 0 saturated heterocycles. The van der Waals surface area contributed by atoms with Gasteiger partial charge in [0.25, 0.3) is 5.91 Å². The van der Waals surface area contributed by atoms with E-state index in [-0.39, 0.29) is 5.91 Å². The van der Waals surface area contributed by atoms with E-state index >= 15 is 0 Å². The highest BCUT2D eigenvalue weighted by Gasteiger charge is 2.13. The molecule has 0 aliphatic rings. The number of aromatic nitrogens is 3. The van der Waals surface area contributed by atoms with Crippen molar-refractivity contribution in [2.75, 3.05) is 6.54 Å². The zero-order valence-corrected chi connectivity index (χ0v) is 13.6. The highest BCUT2D eigenvalue weighted by molar-refractivity contribution is 5.93. The fraction of sp³-hybridized carbons (Fsp3) is 0.278. The predicted molar refractivity (Wildman–Crippen MR) is 90.5 cm³/mol. The number of hydrogen-bond acceptors (Lipinski definition) is 4. The third-order valence-corrected chi connectivity index (χ3v) is 3.74. The summed E-state index contributed by atoms with van der Waals surface area (Å²) in [4.78, 5) is 12.1. The van der Waals surface area contributed by atoms with Crippen molar-refractivity contribution in [3.63, 3.8) is 0 Å². The summed E-state index contributed by atoms with van der Waals surface area (Å²) >= 11 is 0. The number of carbonyl (C=O) groups is 1. The van der Waals surface area contributed by atoms with Gasteiger partial charge in [-0.1, -0.05) is 35.0 Å². The maximum absolute atomic E-state index is 12.1. The summed E-state index contributed by atoms with van der Waals surface area (Å²) in [5, 5.41) is 10.9. The first kappa shape index (κ1) is 16.0. The molecule has 6 nitrogen and oxygen atoms in total. The third kappa shape index (κ3) is 4.10. The summed E-state index contributed by atoms with van der Waals surface area (Å²) in [6.45, 7) is 3.48. The van der Waals surface area contributed by atoms with Crippen LogP contribution < -0.4 is 5.32 Å². The highest BCUT2D eigenvalue weighted by atomic mass is 16.5. The second-order valence-electron chi connectivity index (χ2n) is 5.67. The lowest BCUT2D eigenvalue weighted by Crippen LogP contribution is -2.24. The first-order chi connectivity index (χ1) is 11.7. The molecule has 0 atom stereocenters. The summed E-state index contributed by atoms with van der Waals surface area (Å²) < 4.78 is 7.15. The van der Waals surface area contributed by atoms with Gasteiger partial charge in [-0.2, -0.15) is 5.10 Å². The minimum Gasteiger partial charge on any atom is -0.355 e. The zero-order valence-electron chi connectivity index (χ0n) is 13.6. The molecule has 6 heteroatoms. The average Bonchev–Trinajstić information content (AvgIpc) is 3.27. The number of aryl methyl sites for hydroxylation is 2. The Morgan fingerprint density at radius 3 is 2.83 bits per heavy atom. The Morgan fingerprint density at radius 1 is 1.25 bits per heavy atom. The number of nitrogens with one attached hydrogen (secondary N) is 1. The topological polar surface area (TPSA) is 73.0 Å². The molecule has 0 radical (unpaired) electrons. The van der Waals surface area contributed by atoms with Crippen molar-refractivity contribution < 1.29 is 9.32 Å². The lowest BCUT2D eigenvalue weighted by atomic mass is 10.1. The van der Waals surface area contributed by atoms with E-state index in [2.05, 4.69) is 15.6 Å². The maximum atomic E-state index is 12.1. The summed E-state index contributed by atoms with van der Waals surface area (Å²) in [6.07, 6.45) is 5.53. The molecule has 0 aliphatic carbocycles. The Labute approximate surface area is 140 Å². The van der Waals surface area contributed by atoms with Crippen molar-refractivity contribution in [3.05, 3.63) is 60.0 Å². The van der Waals surface area contributed by atoms with Crippen molar-refractivity contribution in [2.45, 2.75) is 26.3 Å². The third-order valence-electron chi connectivity index (χ3n) is 3.74. The molecule has 0 fully saturated rings. The van der Waals surface area contributed by atoms with Crippen molar-refractivity contribution >= 4 is 5.91 Å². The second-order valence-corrected chi connectivity index (χ2v) is 5.67. The van der Waals surface area contributed by atoms with Crippen LogP contribution >= 0.6 is 0 Å². The summed E-state index contributed by atoms with van der Waals surface area (Å²) in [5.74, 6) is 0.384. The number of rotatable bonds is 7. The summed E-state index contributed by atoms with van der Waals surface area (Å²) in [6, 6.07) is 11.5. The van der Waals surface area contributed by atoms with Crippen LogP contribution in [0, 0.1) is 6.92 Å². The van der Waals surface area contributed by atoms with Crippen LogP contribution in [0.4, 0.5) is 0 Å². The smallest absolute Gasteiger partial charge is 0.273 e. The Kier molecular flexibility index (Phi) is 5.05. The van der Waals surface area contributed by atoms with Crippen LogP contribution in [0.25, 0.3) is 11.3 Å². The van der Waals surface area contributed by atoms with Gasteiger partial charge < -0.3 is 9.84 Å². The number of amides is 1. The van der Waals surface area contributed by atoms with E-state index in [1.165, 1.54) is 5.56 Å². The zero-order chi connectivity index (χ0) is 16.8. The summed E-state index contributed by atoms with van der Waals surface area (Å²) in [7, 11) is 0. The van der Waals surface area contributed by atoms with Gasteiger partial charge >= 0.3 is 0 Å². The molecule has 3 rings (SSSR count). The van der Waals surface area contributed by atoms with Gasteiger partial charge in [0.2, 0.25) is 0 Å². The van der Waals surface area contributed by atoms with Gasteiger partial charge in [0.15, 0.2) is 11.5 Å². The largest absolute Gasteiger partial charge is 0.355 e. The fourth-order valence-electron chi connectivity index (χ4n) is 2.36. The Morgan fingerprint density at radius 2 is 2.08 bits per heavy atom. The number of nitrogens with zero attached hydrogens (tertiary/aromatic N) is 3. The molecule has 1 aromatic carbocycles. The Bertz CT molecular complexity index is 776. The van der Waals surface area contributed by atoms with Crippen LogP contribution in [0.1, 0.15) is 28.9 Å². The standard InChI is InChI=1S/C18H20N4O2/c1-14-5-7-15(8-6-14)17-13-16(21-24-17)18(23)19-9-2-3-11-22-12-4-10-20-22/h4-8,10,12-13H,2-3,9,11H2,1H3,(H,19,23). The second kappa shape index (κ2) is 7.59. The minimum atomic E-state index is -0.212. The minimum absolute atomic E-state index is 0.212. The molecular weight excluding hydrogens is 304 g/mol. The van der Waals surface area contributed by atoms with E-state index in [0.717, 1.165) is 24.9 Å². The van der Waals surface area contributed by atoms with Crippen LogP contribution in [-0.2, 0) is 6.54 Å². The van der Waals surface area contributed by atoms with Gasteiger partial charge in [0, 0.05) is 37.1 Å². The lowest BCUT2D eigenvalue weighted by molar-refractivity contribution is 0.0944. The monoisotopic (exact) mass is 324 g/mol. The molecule has 1 N–H and O–H groups in total. The lowest BCUT2D eigenvalue weighted by Gasteiger charge is -2.03. The molecule has 0 spiro atoms. The van der Waals surface area contributed by atoms with Crippen LogP contribution in [0.5, 0.6) is 0 Å². The van der Waals surface area contributed by atoms with E-state index in [0.29, 0.717) is 18.0 Å². The van der Waals surface area contributed by atoms with Gasteiger partial charge in [-0.15, -0.1) is 0 Å². The molecule has 2 heterocycles. The molecule has 3 aromatic rings. The molecular formula is C18H20N4O2.